The maximum absolute atomic E-state index is 10.7. The monoisotopic (exact) mass is 426 g/mol. The van der Waals surface area contributed by atoms with Gasteiger partial charge in [0.05, 0.1) is 11.1 Å². The minimum absolute atomic E-state index is 0.0138. The first-order valence-corrected chi connectivity index (χ1v) is 9.16. The molecule has 0 heterocycles. The van der Waals surface area contributed by atoms with Gasteiger partial charge in [-0.15, -0.1) is 0 Å². The van der Waals surface area contributed by atoms with Gasteiger partial charge in [-0.25, -0.2) is 0 Å². The van der Waals surface area contributed by atoms with Crippen LogP contribution < -0.4 is 15.5 Å². The van der Waals surface area contributed by atoms with Gasteiger partial charge in [-0.05, 0) is 78.4 Å². The number of nitrogens with zero attached hydrogens (tertiary/aromatic N) is 2. The number of hydrazone groups is 1. The van der Waals surface area contributed by atoms with Crippen molar-refractivity contribution in [2.24, 2.45) is 5.10 Å². The molecule has 0 bridgehead atoms. The third-order valence-electron chi connectivity index (χ3n) is 3.65. The number of rotatable bonds is 6. The number of non-ortho nitro benzene ring substituents is 1. The van der Waals surface area contributed by atoms with Crippen LogP contribution >= 0.6 is 23.8 Å². The average molecular weight is 427 g/mol. The van der Waals surface area contributed by atoms with Crippen LogP contribution in [0.4, 0.5) is 11.4 Å². The number of benzene rings is 3. The second kappa shape index (κ2) is 9.63. The Bertz CT molecular complexity index is 1020. The third kappa shape index (κ3) is 6.27. The topological polar surface area (TPSA) is 88.8 Å². The average Bonchev–Trinajstić information content (AvgIpc) is 2.71. The Morgan fingerprint density at radius 3 is 2.17 bits per heavy atom. The SMILES string of the molecule is O=[N+]([O-])c1ccc(Oc2ccc(/C=N/NC(=S)Nc3ccc(Cl)cc3)cc2)cc1. The summed E-state index contributed by atoms with van der Waals surface area (Å²) in [7, 11) is 0. The Labute approximate surface area is 177 Å². The van der Waals surface area contributed by atoms with Crippen LogP contribution in [0, 0.1) is 10.1 Å². The molecule has 0 saturated heterocycles. The van der Waals surface area contributed by atoms with Crippen LogP contribution in [-0.4, -0.2) is 16.3 Å². The van der Waals surface area contributed by atoms with Crippen molar-refractivity contribution in [3.8, 4) is 11.5 Å². The number of thiocarbonyl (C=S) groups is 1. The molecule has 3 aromatic carbocycles. The maximum atomic E-state index is 10.7. The summed E-state index contributed by atoms with van der Waals surface area (Å²) in [6.45, 7) is 0. The number of nitro groups is 1. The molecule has 0 radical (unpaired) electrons. The number of hydrogen-bond donors (Lipinski definition) is 2. The molecule has 0 aliphatic carbocycles. The zero-order valence-electron chi connectivity index (χ0n) is 14.9. The number of nitro benzene ring substituents is 1. The molecule has 0 aliphatic rings. The molecule has 0 fully saturated rings. The van der Waals surface area contributed by atoms with Gasteiger partial charge in [-0.1, -0.05) is 11.6 Å². The van der Waals surface area contributed by atoms with E-state index in [-0.39, 0.29) is 5.69 Å². The molecule has 0 aromatic heterocycles. The fourth-order valence-corrected chi connectivity index (χ4v) is 2.55. The summed E-state index contributed by atoms with van der Waals surface area (Å²) in [6, 6.07) is 20.2. The number of halogens is 1. The van der Waals surface area contributed by atoms with Crippen LogP contribution in [-0.2, 0) is 0 Å². The second-order valence-corrected chi connectivity index (χ2v) is 6.60. The van der Waals surface area contributed by atoms with E-state index >= 15 is 0 Å². The quantitative estimate of drug-likeness (QED) is 0.239. The van der Waals surface area contributed by atoms with Crippen molar-refractivity contribution in [1.82, 2.24) is 5.43 Å². The molecule has 0 spiro atoms. The molecular weight excluding hydrogens is 412 g/mol. The molecule has 0 atom stereocenters. The highest BCUT2D eigenvalue weighted by Crippen LogP contribution is 2.23. The van der Waals surface area contributed by atoms with Gasteiger partial charge in [-0.3, -0.25) is 15.5 Å². The van der Waals surface area contributed by atoms with Crippen LogP contribution in [0.5, 0.6) is 11.5 Å². The van der Waals surface area contributed by atoms with Crippen molar-refractivity contribution in [3.05, 3.63) is 93.5 Å². The lowest BCUT2D eigenvalue weighted by molar-refractivity contribution is -0.384. The van der Waals surface area contributed by atoms with Crippen LogP contribution in [0.15, 0.2) is 77.9 Å². The lowest BCUT2D eigenvalue weighted by Crippen LogP contribution is -2.23. The van der Waals surface area contributed by atoms with Gasteiger partial charge < -0.3 is 10.1 Å². The van der Waals surface area contributed by atoms with Crippen LogP contribution in [0.3, 0.4) is 0 Å². The van der Waals surface area contributed by atoms with Crippen molar-refractivity contribution in [3.63, 3.8) is 0 Å². The van der Waals surface area contributed by atoms with Gasteiger partial charge in [0, 0.05) is 22.8 Å². The predicted octanol–water partition coefficient (Wildman–Crippen LogP) is 5.36. The zero-order chi connectivity index (χ0) is 20.6. The number of ether oxygens (including phenoxy) is 1. The molecule has 0 unspecified atom stereocenters. The summed E-state index contributed by atoms with van der Waals surface area (Å²) >= 11 is 11.0. The molecule has 3 rings (SSSR count). The van der Waals surface area contributed by atoms with E-state index in [4.69, 9.17) is 28.6 Å². The summed E-state index contributed by atoms with van der Waals surface area (Å²) in [5.41, 5.74) is 4.38. The van der Waals surface area contributed by atoms with Gasteiger partial charge in [-0.2, -0.15) is 5.10 Å². The molecule has 7 nitrogen and oxygen atoms in total. The lowest BCUT2D eigenvalue weighted by atomic mass is 10.2. The summed E-state index contributed by atoms with van der Waals surface area (Å²) in [5, 5.41) is 18.7. The highest BCUT2D eigenvalue weighted by atomic mass is 35.5. The van der Waals surface area contributed by atoms with Crippen molar-refractivity contribution in [1.29, 1.82) is 0 Å². The van der Waals surface area contributed by atoms with E-state index in [1.807, 2.05) is 24.3 Å². The van der Waals surface area contributed by atoms with E-state index in [1.165, 1.54) is 12.1 Å². The van der Waals surface area contributed by atoms with Gasteiger partial charge >= 0.3 is 0 Å². The minimum atomic E-state index is -0.456. The Balaban J connectivity index is 1.51. The lowest BCUT2D eigenvalue weighted by Gasteiger charge is -2.07. The number of hydrogen-bond acceptors (Lipinski definition) is 5. The first-order chi connectivity index (χ1) is 14.0. The smallest absolute Gasteiger partial charge is 0.269 e. The third-order valence-corrected chi connectivity index (χ3v) is 4.09. The van der Waals surface area contributed by atoms with Crippen molar-refractivity contribution in [2.75, 3.05) is 5.32 Å². The molecule has 0 saturated carbocycles. The Kier molecular flexibility index (Phi) is 6.72. The van der Waals surface area contributed by atoms with Crippen LogP contribution in [0.2, 0.25) is 5.02 Å². The second-order valence-electron chi connectivity index (χ2n) is 5.75. The molecule has 3 aromatic rings. The van der Waals surface area contributed by atoms with E-state index in [2.05, 4.69) is 15.8 Å². The van der Waals surface area contributed by atoms with Crippen LogP contribution in [0.25, 0.3) is 0 Å². The predicted molar refractivity (Wildman–Crippen MR) is 118 cm³/mol. The van der Waals surface area contributed by atoms with Gasteiger partial charge in [0.25, 0.3) is 5.69 Å². The zero-order valence-corrected chi connectivity index (χ0v) is 16.5. The molecule has 146 valence electrons. The Morgan fingerprint density at radius 1 is 1.00 bits per heavy atom. The van der Waals surface area contributed by atoms with Crippen molar-refractivity contribution in [2.45, 2.75) is 0 Å². The van der Waals surface area contributed by atoms with E-state index in [0.717, 1.165) is 11.3 Å². The molecule has 0 aliphatic heterocycles. The van der Waals surface area contributed by atoms with E-state index < -0.39 is 4.92 Å². The summed E-state index contributed by atoms with van der Waals surface area (Å²) in [4.78, 5) is 10.2. The largest absolute Gasteiger partial charge is 0.457 e. The van der Waals surface area contributed by atoms with Crippen molar-refractivity contribution >= 4 is 46.5 Å². The first kappa shape index (κ1) is 20.2. The number of nitrogens with one attached hydrogen (secondary N) is 2. The highest BCUT2D eigenvalue weighted by molar-refractivity contribution is 7.80. The fraction of sp³-hybridized carbons (Fsp3) is 0. The maximum Gasteiger partial charge on any atom is 0.269 e. The summed E-state index contributed by atoms with van der Waals surface area (Å²) < 4.78 is 5.66. The van der Waals surface area contributed by atoms with E-state index in [9.17, 15) is 10.1 Å². The summed E-state index contributed by atoms with van der Waals surface area (Å²) in [5.74, 6) is 1.11. The molecule has 9 heteroatoms. The van der Waals surface area contributed by atoms with Crippen LogP contribution in [0.1, 0.15) is 5.56 Å². The minimum Gasteiger partial charge on any atom is -0.457 e. The molecule has 0 amide bonds. The fourth-order valence-electron chi connectivity index (χ4n) is 2.25. The Morgan fingerprint density at radius 2 is 1.59 bits per heavy atom. The standard InChI is InChI=1S/C20H15ClN4O3S/c21-15-3-5-16(6-4-15)23-20(29)24-22-13-14-1-9-18(10-2-14)28-19-11-7-17(8-12-19)25(26)27/h1-13H,(H2,23,24,29)/b22-13+. The molecule has 29 heavy (non-hydrogen) atoms. The summed E-state index contributed by atoms with van der Waals surface area (Å²) in [6.07, 6.45) is 1.62. The van der Waals surface area contributed by atoms with Gasteiger partial charge in [0.2, 0.25) is 0 Å². The van der Waals surface area contributed by atoms with Gasteiger partial charge in [0.15, 0.2) is 5.11 Å². The van der Waals surface area contributed by atoms with E-state index in [0.29, 0.717) is 21.6 Å². The number of anilines is 1. The van der Waals surface area contributed by atoms with Gasteiger partial charge in [0.1, 0.15) is 11.5 Å². The first-order valence-electron chi connectivity index (χ1n) is 8.37. The molecule has 2 N–H and O–H groups in total. The Hall–Kier alpha value is -3.49. The van der Waals surface area contributed by atoms with Crippen molar-refractivity contribution < 1.29 is 9.66 Å². The normalized spacial score (nSPS) is 10.5. The molecular formula is C20H15ClN4O3S. The van der Waals surface area contributed by atoms with E-state index in [1.54, 1.807) is 42.6 Å². The highest BCUT2D eigenvalue weighted by Gasteiger charge is 2.05.